The number of methoxy groups -OCH3 is 1. The molecular weight excluding hydrogens is 226 g/mol. The first-order valence-corrected chi connectivity index (χ1v) is 6.73. The van der Waals surface area contributed by atoms with Crippen LogP contribution in [0.5, 0.6) is 0 Å². The highest BCUT2D eigenvalue weighted by Crippen LogP contribution is 2.14. The van der Waals surface area contributed by atoms with Gasteiger partial charge in [-0.15, -0.1) is 0 Å². The number of rotatable bonds is 8. The van der Waals surface area contributed by atoms with Gasteiger partial charge in [0.2, 0.25) is 5.89 Å². The Balaban J connectivity index is 2.37. The number of nitrogens with zero attached hydrogens (tertiary/aromatic N) is 2. The van der Waals surface area contributed by atoms with Crippen molar-refractivity contribution in [2.24, 2.45) is 5.73 Å². The Kier molecular flexibility index (Phi) is 6.44. The van der Waals surface area contributed by atoms with Gasteiger partial charge >= 0.3 is 0 Å². The molecule has 0 aliphatic heterocycles. The van der Waals surface area contributed by atoms with Crippen LogP contribution in [-0.4, -0.2) is 35.9 Å². The van der Waals surface area contributed by atoms with E-state index in [1.165, 1.54) is 0 Å². The van der Waals surface area contributed by atoms with E-state index in [0.29, 0.717) is 18.3 Å². The summed E-state index contributed by atoms with van der Waals surface area (Å²) in [6, 6.07) is -0.142. The largest absolute Gasteiger partial charge is 0.385 e. The summed E-state index contributed by atoms with van der Waals surface area (Å²) >= 11 is 1.76. The summed E-state index contributed by atoms with van der Waals surface area (Å²) in [7, 11) is 1.68. The van der Waals surface area contributed by atoms with Gasteiger partial charge in [0.1, 0.15) is 0 Å². The van der Waals surface area contributed by atoms with Crippen molar-refractivity contribution in [1.29, 1.82) is 0 Å². The molecule has 1 rings (SSSR count). The molecule has 0 aliphatic rings. The summed E-state index contributed by atoms with van der Waals surface area (Å²) in [6.45, 7) is 0.711. The zero-order valence-electron chi connectivity index (χ0n) is 9.81. The monoisotopic (exact) mass is 245 g/mol. The van der Waals surface area contributed by atoms with Crippen LogP contribution < -0.4 is 5.73 Å². The van der Waals surface area contributed by atoms with Crippen LogP contribution in [0, 0.1) is 0 Å². The van der Waals surface area contributed by atoms with Crippen molar-refractivity contribution in [3.8, 4) is 0 Å². The summed E-state index contributed by atoms with van der Waals surface area (Å²) < 4.78 is 10.1. The van der Waals surface area contributed by atoms with E-state index in [1.54, 1.807) is 18.9 Å². The number of hydrogen-bond donors (Lipinski definition) is 1. The molecule has 0 fully saturated rings. The van der Waals surface area contributed by atoms with Crippen LogP contribution in [-0.2, 0) is 11.2 Å². The molecule has 1 aromatic rings. The van der Waals surface area contributed by atoms with Gasteiger partial charge in [0, 0.05) is 20.1 Å². The predicted octanol–water partition coefficient (Wildman–Crippen LogP) is 1.40. The molecule has 5 nitrogen and oxygen atoms in total. The van der Waals surface area contributed by atoms with Crippen molar-refractivity contribution >= 4 is 11.8 Å². The molecule has 16 heavy (non-hydrogen) atoms. The average molecular weight is 245 g/mol. The quantitative estimate of drug-likeness (QED) is 0.698. The van der Waals surface area contributed by atoms with Crippen LogP contribution in [0.1, 0.15) is 30.6 Å². The van der Waals surface area contributed by atoms with Crippen molar-refractivity contribution < 1.29 is 9.26 Å². The molecule has 0 amide bonds. The number of aryl methyl sites for hydroxylation is 1. The second-order valence-electron chi connectivity index (χ2n) is 3.53. The lowest BCUT2D eigenvalue weighted by molar-refractivity contribution is 0.194. The number of aromatic nitrogens is 2. The molecule has 0 radical (unpaired) electrons. The van der Waals surface area contributed by atoms with Gasteiger partial charge < -0.3 is 15.0 Å². The molecule has 6 heteroatoms. The zero-order chi connectivity index (χ0) is 11.8. The fourth-order valence-electron chi connectivity index (χ4n) is 1.26. The van der Waals surface area contributed by atoms with Crippen molar-refractivity contribution in [3.05, 3.63) is 11.7 Å². The number of hydrogen-bond acceptors (Lipinski definition) is 6. The van der Waals surface area contributed by atoms with E-state index in [-0.39, 0.29) is 6.04 Å². The fourth-order valence-corrected chi connectivity index (χ4v) is 1.75. The van der Waals surface area contributed by atoms with Gasteiger partial charge in [-0.05, 0) is 24.9 Å². The second kappa shape index (κ2) is 7.65. The minimum atomic E-state index is -0.142. The topological polar surface area (TPSA) is 74.2 Å². The molecule has 0 spiro atoms. The minimum absolute atomic E-state index is 0.142. The molecule has 2 N–H and O–H groups in total. The van der Waals surface area contributed by atoms with Crippen LogP contribution in [0.4, 0.5) is 0 Å². The first-order valence-electron chi connectivity index (χ1n) is 5.34. The molecule has 0 unspecified atom stereocenters. The van der Waals surface area contributed by atoms with Crippen LogP contribution >= 0.6 is 11.8 Å². The number of thioether (sulfide) groups is 1. The molecule has 1 aromatic heterocycles. The van der Waals surface area contributed by atoms with Crippen LogP contribution in [0.2, 0.25) is 0 Å². The summed E-state index contributed by atoms with van der Waals surface area (Å²) in [6.07, 6.45) is 4.58. The highest BCUT2D eigenvalue weighted by Gasteiger charge is 2.13. The Hall–Kier alpha value is -0.590. The van der Waals surface area contributed by atoms with E-state index in [0.717, 1.165) is 25.0 Å². The van der Waals surface area contributed by atoms with Crippen molar-refractivity contribution in [2.45, 2.75) is 25.3 Å². The van der Waals surface area contributed by atoms with E-state index >= 15 is 0 Å². The van der Waals surface area contributed by atoms with Gasteiger partial charge in [-0.1, -0.05) is 5.16 Å². The highest BCUT2D eigenvalue weighted by molar-refractivity contribution is 7.98. The second-order valence-corrected chi connectivity index (χ2v) is 4.52. The molecule has 0 aromatic carbocycles. The van der Waals surface area contributed by atoms with Gasteiger partial charge in [-0.3, -0.25) is 0 Å². The van der Waals surface area contributed by atoms with Gasteiger partial charge in [-0.25, -0.2) is 0 Å². The van der Waals surface area contributed by atoms with E-state index in [2.05, 4.69) is 16.4 Å². The molecule has 0 saturated heterocycles. The summed E-state index contributed by atoms with van der Waals surface area (Å²) in [5.74, 6) is 2.26. The SMILES string of the molecule is COCCCc1noc([C@@H](N)CCSC)n1. The maximum Gasteiger partial charge on any atom is 0.243 e. The summed E-state index contributed by atoms with van der Waals surface area (Å²) in [4.78, 5) is 4.27. The lowest BCUT2D eigenvalue weighted by Crippen LogP contribution is -2.11. The van der Waals surface area contributed by atoms with Crippen molar-refractivity contribution in [3.63, 3.8) is 0 Å². The molecule has 1 heterocycles. The average Bonchev–Trinajstić information content (AvgIpc) is 2.75. The first-order chi connectivity index (χ1) is 7.77. The Morgan fingerprint density at radius 2 is 2.38 bits per heavy atom. The summed E-state index contributed by atoms with van der Waals surface area (Å²) in [5, 5.41) is 3.89. The van der Waals surface area contributed by atoms with Gasteiger partial charge in [0.15, 0.2) is 5.82 Å². The normalized spacial score (nSPS) is 12.9. The van der Waals surface area contributed by atoms with E-state index in [1.807, 2.05) is 0 Å². The van der Waals surface area contributed by atoms with E-state index < -0.39 is 0 Å². The van der Waals surface area contributed by atoms with Gasteiger partial charge in [-0.2, -0.15) is 16.7 Å². The van der Waals surface area contributed by atoms with E-state index in [4.69, 9.17) is 15.0 Å². The van der Waals surface area contributed by atoms with Crippen molar-refractivity contribution in [1.82, 2.24) is 10.1 Å². The third-order valence-corrected chi connectivity index (χ3v) is 2.83. The first kappa shape index (κ1) is 13.5. The standard InChI is InChI=1S/C10H19N3O2S/c1-14-6-3-4-9-12-10(15-13-9)8(11)5-7-16-2/h8H,3-7,11H2,1-2H3/t8-/m0/s1. The molecule has 0 saturated carbocycles. The third-order valence-electron chi connectivity index (χ3n) is 2.18. The molecule has 1 atom stereocenters. The number of ether oxygens (including phenoxy) is 1. The fraction of sp³-hybridized carbons (Fsp3) is 0.800. The van der Waals surface area contributed by atoms with Crippen LogP contribution in [0.15, 0.2) is 4.52 Å². The Labute approximate surface area is 100 Å². The third kappa shape index (κ3) is 4.51. The lowest BCUT2D eigenvalue weighted by atomic mass is 10.2. The van der Waals surface area contributed by atoms with Crippen LogP contribution in [0.25, 0.3) is 0 Å². The van der Waals surface area contributed by atoms with Gasteiger partial charge in [0.05, 0.1) is 6.04 Å². The van der Waals surface area contributed by atoms with Gasteiger partial charge in [0.25, 0.3) is 0 Å². The van der Waals surface area contributed by atoms with Crippen molar-refractivity contribution in [2.75, 3.05) is 25.7 Å². The lowest BCUT2D eigenvalue weighted by Gasteiger charge is -2.03. The number of nitrogens with two attached hydrogens (primary N) is 1. The Bertz CT molecular complexity index is 293. The molecule has 0 aliphatic carbocycles. The minimum Gasteiger partial charge on any atom is -0.385 e. The van der Waals surface area contributed by atoms with Crippen LogP contribution in [0.3, 0.4) is 0 Å². The Morgan fingerprint density at radius 3 is 3.06 bits per heavy atom. The smallest absolute Gasteiger partial charge is 0.243 e. The molecule has 92 valence electrons. The predicted molar refractivity (Wildman–Crippen MR) is 64.4 cm³/mol. The van der Waals surface area contributed by atoms with E-state index in [9.17, 15) is 0 Å². The Morgan fingerprint density at radius 1 is 1.56 bits per heavy atom. The maximum absolute atomic E-state index is 5.91. The molecular formula is C10H19N3O2S. The maximum atomic E-state index is 5.91. The summed E-state index contributed by atoms with van der Waals surface area (Å²) in [5.41, 5.74) is 5.91. The zero-order valence-corrected chi connectivity index (χ0v) is 10.6. The molecule has 0 bridgehead atoms. The highest BCUT2D eigenvalue weighted by atomic mass is 32.2.